The third-order valence-electron chi connectivity index (χ3n) is 6.66. The molecule has 0 spiro atoms. The molecule has 0 aliphatic heterocycles. The number of amides is 1. The highest BCUT2D eigenvalue weighted by Gasteiger charge is 2.32. The molecule has 186 valence electrons. The minimum absolute atomic E-state index is 0.262. The van der Waals surface area contributed by atoms with Crippen molar-refractivity contribution in [2.24, 2.45) is 5.73 Å². The summed E-state index contributed by atoms with van der Waals surface area (Å²) in [5.41, 5.74) is 3.40. The average molecular weight is 442 g/mol. The zero-order valence-corrected chi connectivity index (χ0v) is 20.9. The van der Waals surface area contributed by atoms with Crippen molar-refractivity contribution in [3.63, 3.8) is 0 Å². The van der Waals surface area contributed by atoms with E-state index in [9.17, 15) is 9.90 Å². The van der Waals surface area contributed by atoms with Crippen LogP contribution in [-0.2, 0) is 4.79 Å². The molecule has 0 aromatic carbocycles. The smallest absolute Gasteiger partial charge is 0.251 e. The van der Waals surface area contributed by atoms with Gasteiger partial charge in [0, 0.05) is 0 Å². The molecule has 0 heterocycles. The number of unbranched alkanes of at least 4 members (excludes halogenated alkanes) is 21. The number of hydrogen-bond donors (Lipinski definition) is 3. The molecular weight excluding hydrogens is 386 g/mol. The average Bonchev–Trinajstić information content (AvgIpc) is 2.76. The summed E-state index contributed by atoms with van der Waals surface area (Å²) in [4.78, 5) is 11.1. The molecule has 4 heteroatoms. The van der Waals surface area contributed by atoms with Gasteiger partial charge in [-0.1, -0.05) is 142 Å². The summed E-state index contributed by atoms with van der Waals surface area (Å²) in [5.74, 6) is -0.821. The molecule has 0 aliphatic rings. The maximum Gasteiger partial charge on any atom is 0.251 e. The first-order chi connectivity index (χ1) is 15.1. The minimum Gasteiger partial charge on any atom is -0.393 e. The van der Waals surface area contributed by atoms with Crippen LogP contribution in [0.1, 0.15) is 155 Å². The fourth-order valence-corrected chi connectivity index (χ4v) is 4.31. The Labute approximate surface area is 193 Å². The molecule has 4 nitrogen and oxygen atoms in total. The summed E-state index contributed by atoms with van der Waals surface area (Å²) in [5, 5.41) is 18.9. The highest BCUT2D eigenvalue weighted by Crippen LogP contribution is 2.17. The van der Waals surface area contributed by atoms with Gasteiger partial charge in [-0.2, -0.15) is 0 Å². The summed E-state index contributed by atoms with van der Waals surface area (Å²) in [6.45, 7) is 1.70. The molecule has 1 atom stereocenters. The lowest BCUT2D eigenvalue weighted by Gasteiger charge is -2.21. The van der Waals surface area contributed by atoms with E-state index < -0.39 is 18.1 Å². The first kappa shape index (κ1) is 30.4. The predicted molar refractivity (Wildman–Crippen MR) is 133 cm³/mol. The lowest BCUT2D eigenvalue weighted by molar-refractivity contribution is -0.141. The van der Waals surface area contributed by atoms with Crippen LogP contribution < -0.4 is 5.73 Å². The number of aliphatic hydroxyl groups is 2. The van der Waals surface area contributed by atoms with Crippen LogP contribution in [0.4, 0.5) is 0 Å². The number of primary amides is 1. The second-order valence-corrected chi connectivity index (χ2v) is 9.73. The molecule has 0 saturated carbocycles. The van der Waals surface area contributed by atoms with Crippen molar-refractivity contribution in [1.29, 1.82) is 0 Å². The van der Waals surface area contributed by atoms with Gasteiger partial charge in [0.1, 0.15) is 0 Å². The Hall–Kier alpha value is -0.610. The van der Waals surface area contributed by atoms with Crippen LogP contribution in [0.3, 0.4) is 0 Å². The van der Waals surface area contributed by atoms with Gasteiger partial charge in [0.2, 0.25) is 0 Å². The van der Waals surface area contributed by atoms with Crippen molar-refractivity contribution in [3.8, 4) is 0 Å². The second kappa shape index (κ2) is 22.6. The molecule has 0 aromatic rings. The molecular formula is C27H55NO3. The molecule has 0 fully saturated rings. The van der Waals surface area contributed by atoms with Crippen LogP contribution in [0.15, 0.2) is 0 Å². The van der Waals surface area contributed by atoms with Crippen molar-refractivity contribution >= 4 is 5.91 Å². The lowest BCUT2D eigenvalue weighted by atomic mass is 9.95. The van der Waals surface area contributed by atoms with Gasteiger partial charge in [-0.05, 0) is 12.8 Å². The number of hydrogen-bond acceptors (Lipinski definition) is 3. The fourth-order valence-electron chi connectivity index (χ4n) is 4.31. The maximum atomic E-state index is 11.1. The van der Waals surface area contributed by atoms with Gasteiger partial charge in [-0.3, -0.25) is 4.79 Å². The third kappa shape index (κ3) is 19.8. The van der Waals surface area contributed by atoms with E-state index in [4.69, 9.17) is 10.8 Å². The Bertz CT molecular complexity index is 389. The van der Waals surface area contributed by atoms with E-state index in [1.54, 1.807) is 0 Å². The Kier molecular flexibility index (Phi) is 22.1. The minimum atomic E-state index is -1.73. The molecule has 0 bridgehead atoms. The number of aliphatic hydroxyl groups excluding tert-OH is 1. The van der Waals surface area contributed by atoms with E-state index in [1.807, 2.05) is 0 Å². The van der Waals surface area contributed by atoms with Crippen LogP contribution >= 0.6 is 0 Å². The quantitative estimate of drug-likeness (QED) is 0.131. The standard InChI is InChI=1S/C27H55NO3/c1-2-3-4-5-6-7-8-9-10-11-12-13-14-15-16-17-18-19-20-21-22-23-24-27(31,25-29)26(28)30/h29,31H,2-25H2,1H3,(H2,28,30). The largest absolute Gasteiger partial charge is 0.393 e. The van der Waals surface area contributed by atoms with Gasteiger partial charge in [-0.25, -0.2) is 0 Å². The van der Waals surface area contributed by atoms with E-state index in [0.29, 0.717) is 0 Å². The van der Waals surface area contributed by atoms with Crippen molar-refractivity contribution in [3.05, 3.63) is 0 Å². The number of rotatable bonds is 25. The molecule has 0 radical (unpaired) electrons. The molecule has 1 amide bonds. The van der Waals surface area contributed by atoms with Gasteiger partial charge in [-0.15, -0.1) is 0 Å². The molecule has 1 unspecified atom stereocenters. The van der Waals surface area contributed by atoms with Crippen molar-refractivity contribution < 1.29 is 15.0 Å². The van der Waals surface area contributed by atoms with E-state index >= 15 is 0 Å². The zero-order chi connectivity index (χ0) is 23.0. The topological polar surface area (TPSA) is 83.6 Å². The summed E-state index contributed by atoms with van der Waals surface area (Å²) in [7, 11) is 0. The molecule has 0 aromatic heterocycles. The first-order valence-corrected chi connectivity index (χ1v) is 13.7. The number of carbonyl (C=O) groups is 1. The first-order valence-electron chi connectivity index (χ1n) is 13.7. The summed E-state index contributed by atoms with van der Waals surface area (Å²) < 4.78 is 0. The van der Waals surface area contributed by atoms with Crippen molar-refractivity contribution in [2.75, 3.05) is 6.61 Å². The van der Waals surface area contributed by atoms with Crippen LogP contribution in [0, 0.1) is 0 Å². The Morgan fingerprint density at radius 3 is 1.06 bits per heavy atom. The Balaban J connectivity index is 3.17. The van der Waals surface area contributed by atoms with Crippen molar-refractivity contribution in [2.45, 2.75) is 160 Å². The molecule has 0 rings (SSSR count). The number of nitrogens with two attached hydrogens (primary N) is 1. The zero-order valence-electron chi connectivity index (χ0n) is 20.9. The van der Waals surface area contributed by atoms with Gasteiger partial charge in [0.25, 0.3) is 5.91 Å². The SMILES string of the molecule is CCCCCCCCCCCCCCCCCCCCCCCCC(O)(CO)C(N)=O. The molecule has 31 heavy (non-hydrogen) atoms. The number of carbonyl (C=O) groups excluding carboxylic acids is 1. The van der Waals surface area contributed by atoms with E-state index in [-0.39, 0.29) is 6.42 Å². The van der Waals surface area contributed by atoms with Crippen LogP contribution in [0.25, 0.3) is 0 Å². The summed E-state index contributed by atoms with van der Waals surface area (Å²) >= 11 is 0. The lowest BCUT2D eigenvalue weighted by Crippen LogP contribution is -2.46. The highest BCUT2D eigenvalue weighted by molar-refractivity contribution is 5.83. The predicted octanol–water partition coefficient (Wildman–Crippen LogP) is 7.19. The van der Waals surface area contributed by atoms with Gasteiger partial charge in [0.15, 0.2) is 5.60 Å². The van der Waals surface area contributed by atoms with E-state index in [0.717, 1.165) is 19.3 Å². The highest BCUT2D eigenvalue weighted by atomic mass is 16.3. The normalized spacial score (nSPS) is 13.4. The second-order valence-electron chi connectivity index (χ2n) is 9.73. The summed E-state index contributed by atoms with van der Waals surface area (Å²) in [6, 6.07) is 0. The van der Waals surface area contributed by atoms with Crippen LogP contribution in [0.2, 0.25) is 0 Å². The third-order valence-corrected chi connectivity index (χ3v) is 6.66. The fraction of sp³-hybridized carbons (Fsp3) is 0.963. The summed E-state index contributed by atoms with van der Waals surface area (Å²) in [6.07, 6.45) is 29.6. The van der Waals surface area contributed by atoms with Gasteiger partial charge in [0.05, 0.1) is 6.61 Å². The monoisotopic (exact) mass is 441 g/mol. The van der Waals surface area contributed by atoms with Crippen LogP contribution in [0.5, 0.6) is 0 Å². The van der Waals surface area contributed by atoms with E-state index in [1.165, 1.54) is 122 Å². The Morgan fingerprint density at radius 2 is 0.839 bits per heavy atom. The molecule has 0 saturated heterocycles. The molecule has 0 aliphatic carbocycles. The van der Waals surface area contributed by atoms with Gasteiger partial charge >= 0.3 is 0 Å². The maximum absolute atomic E-state index is 11.1. The van der Waals surface area contributed by atoms with E-state index in [2.05, 4.69) is 6.92 Å². The van der Waals surface area contributed by atoms with Crippen LogP contribution in [-0.4, -0.2) is 28.3 Å². The molecule has 4 N–H and O–H groups in total. The Morgan fingerprint density at radius 1 is 0.581 bits per heavy atom. The van der Waals surface area contributed by atoms with Crippen molar-refractivity contribution in [1.82, 2.24) is 0 Å². The van der Waals surface area contributed by atoms with Gasteiger partial charge < -0.3 is 15.9 Å².